The van der Waals surface area contributed by atoms with Crippen LogP contribution in [-0.4, -0.2) is 4.98 Å². The summed E-state index contributed by atoms with van der Waals surface area (Å²) in [6, 6.07) is 18.0. The fourth-order valence-corrected chi connectivity index (χ4v) is 3.15. The van der Waals surface area contributed by atoms with Gasteiger partial charge in [-0.25, -0.2) is 0 Å². The van der Waals surface area contributed by atoms with Crippen molar-refractivity contribution in [2.24, 2.45) is 0 Å². The van der Waals surface area contributed by atoms with Crippen LogP contribution in [0.4, 0.5) is 0 Å². The summed E-state index contributed by atoms with van der Waals surface area (Å²) in [6.45, 7) is 4.27. The van der Waals surface area contributed by atoms with Crippen molar-refractivity contribution in [3.63, 3.8) is 0 Å². The van der Waals surface area contributed by atoms with E-state index < -0.39 is 0 Å². The smallest absolute Gasteiger partial charge is 0.137 e. The molecular weight excluding hydrogens is 296 g/mol. The van der Waals surface area contributed by atoms with E-state index in [0.29, 0.717) is 11.5 Å². The van der Waals surface area contributed by atoms with Gasteiger partial charge in [-0.3, -0.25) is 4.98 Å². The summed E-state index contributed by atoms with van der Waals surface area (Å²) in [4.78, 5) is 4.43. The van der Waals surface area contributed by atoms with Gasteiger partial charge < -0.3 is 4.42 Å². The number of nitrogens with zero attached hydrogens (tertiary/aromatic N) is 2. The van der Waals surface area contributed by atoms with Gasteiger partial charge in [-0.1, -0.05) is 19.9 Å². The number of pyridine rings is 1. The molecule has 0 saturated carbocycles. The second kappa shape index (κ2) is 5.50. The van der Waals surface area contributed by atoms with Crippen molar-refractivity contribution >= 4 is 21.9 Å². The largest absolute Gasteiger partial charge is 0.456 e. The maximum atomic E-state index is 9.27. The highest BCUT2D eigenvalue weighted by atomic mass is 16.3. The summed E-state index contributed by atoms with van der Waals surface area (Å²) in [5.74, 6) is 0.306. The van der Waals surface area contributed by atoms with Crippen LogP contribution in [0, 0.1) is 11.3 Å². The van der Waals surface area contributed by atoms with Crippen molar-refractivity contribution < 1.29 is 4.42 Å². The fraction of sp³-hybridized carbons (Fsp3) is 0.143. The zero-order valence-corrected chi connectivity index (χ0v) is 13.6. The minimum Gasteiger partial charge on any atom is -0.456 e. The lowest BCUT2D eigenvalue weighted by Crippen LogP contribution is -1.90. The zero-order valence-electron chi connectivity index (χ0n) is 13.6. The maximum absolute atomic E-state index is 9.27. The Bertz CT molecular complexity index is 1090. The monoisotopic (exact) mass is 312 g/mol. The van der Waals surface area contributed by atoms with Crippen molar-refractivity contribution in [2.75, 3.05) is 0 Å². The molecule has 0 fully saturated rings. The number of aromatic nitrogens is 1. The molecule has 0 amide bonds. The Hall–Kier alpha value is -3.12. The lowest BCUT2D eigenvalue weighted by molar-refractivity contribution is 0.668. The van der Waals surface area contributed by atoms with Crippen LogP contribution >= 0.6 is 0 Å². The van der Waals surface area contributed by atoms with E-state index in [4.69, 9.17) is 4.42 Å². The van der Waals surface area contributed by atoms with Crippen LogP contribution < -0.4 is 0 Å². The third-order valence-electron chi connectivity index (χ3n) is 4.31. The van der Waals surface area contributed by atoms with Gasteiger partial charge >= 0.3 is 0 Å². The molecule has 2 aromatic heterocycles. The molecule has 3 heteroatoms. The number of nitriles is 1. The van der Waals surface area contributed by atoms with Crippen molar-refractivity contribution in [3.8, 4) is 17.3 Å². The second-order valence-corrected chi connectivity index (χ2v) is 6.23. The third kappa shape index (κ3) is 2.24. The zero-order chi connectivity index (χ0) is 16.7. The van der Waals surface area contributed by atoms with Gasteiger partial charge in [0.1, 0.15) is 11.2 Å². The first-order valence-corrected chi connectivity index (χ1v) is 7.99. The van der Waals surface area contributed by atoms with Gasteiger partial charge in [0, 0.05) is 22.5 Å². The third-order valence-corrected chi connectivity index (χ3v) is 4.31. The highest BCUT2D eigenvalue weighted by Crippen LogP contribution is 2.37. The highest BCUT2D eigenvalue weighted by molar-refractivity contribution is 6.08. The molecule has 0 unspecified atom stereocenters. The maximum Gasteiger partial charge on any atom is 0.137 e. The van der Waals surface area contributed by atoms with E-state index in [-0.39, 0.29) is 0 Å². The Morgan fingerprint density at radius 1 is 1.04 bits per heavy atom. The average Bonchev–Trinajstić information content (AvgIpc) is 2.98. The average molecular weight is 312 g/mol. The first-order chi connectivity index (χ1) is 11.7. The van der Waals surface area contributed by atoms with E-state index in [1.807, 2.05) is 42.5 Å². The number of benzene rings is 2. The van der Waals surface area contributed by atoms with Gasteiger partial charge in [0.2, 0.25) is 0 Å². The van der Waals surface area contributed by atoms with Crippen LogP contribution in [-0.2, 0) is 0 Å². The molecule has 0 aliphatic heterocycles. The first kappa shape index (κ1) is 14.5. The molecule has 0 N–H and O–H groups in total. The standard InChI is InChI=1S/C21H16N2O/c1-13(2)16-9-14(12-22)10-20-21(16)17-11-15(6-7-19(17)24-20)18-5-3-4-8-23-18/h3-11,13H,1-2H3. The van der Waals surface area contributed by atoms with Gasteiger partial charge in [-0.05, 0) is 53.9 Å². The molecule has 3 nitrogen and oxygen atoms in total. The lowest BCUT2D eigenvalue weighted by Gasteiger charge is -2.08. The van der Waals surface area contributed by atoms with E-state index >= 15 is 0 Å². The van der Waals surface area contributed by atoms with Gasteiger partial charge in [-0.2, -0.15) is 5.26 Å². The van der Waals surface area contributed by atoms with E-state index in [1.165, 1.54) is 0 Å². The number of rotatable bonds is 2. The molecule has 4 aromatic rings. The van der Waals surface area contributed by atoms with E-state index in [2.05, 4.69) is 31.0 Å². The molecule has 0 bridgehead atoms. The number of fused-ring (bicyclic) bond motifs is 3. The predicted octanol–water partition coefficient (Wildman–Crippen LogP) is 5.64. The van der Waals surface area contributed by atoms with Crippen LogP contribution in [0.25, 0.3) is 33.2 Å². The quantitative estimate of drug-likeness (QED) is 0.481. The van der Waals surface area contributed by atoms with Crippen molar-refractivity contribution in [3.05, 3.63) is 65.9 Å². The van der Waals surface area contributed by atoms with Crippen molar-refractivity contribution in [1.82, 2.24) is 4.98 Å². The number of furan rings is 1. The van der Waals surface area contributed by atoms with Gasteiger partial charge in [-0.15, -0.1) is 0 Å². The topological polar surface area (TPSA) is 49.8 Å². The molecule has 2 aromatic carbocycles. The van der Waals surface area contributed by atoms with E-state index in [9.17, 15) is 5.26 Å². The summed E-state index contributed by atoms with van der Waals surface area (Å²) >= 11 is 0. The molecule has 0 aliphatic rings. The molecule has 0 saturated heterocycles. The van der Waals surface area contributed by atoms with E-state index in [1.54, 1.807) is 6.20 Å². The summed E-state index contributed by atoms with van der Waals surface area (Å²) in [5, 5.41) is 11.4. The number of hydrogen-bond donors (Lipinski definition) is 0. The minimum absolute atomic E-state index is 0.306. The van der Waals surface area contributed by atoms with Crippen LogP contribution in [0.3, 0.4) is 0 Å². The van der Waals surface area contributed by atoms with Gasteiger partial charge in [0.25, 0.3) is 0 Å². The fourth-order valence-electron chi connectivity index (χ4n) is 3.15. The van der Waals surface area contributed by atoms with Gasteiger partial charge in [0.15, 0.2) is 0 Å². The van der Waals surface area contributed by atoms with Crippen LogP contribution in [0.2, 0.25) is 0 Å². The van der Waals surface area contributed by atoms with Crippen LogP contribution in [0.1, 0.15) is 30.9 Å². The Morgan fingerprint density at radius 2 is 1.92 bits per heavy atom. The van der Waals surface area contributed by atoms with Crippen LogP contribution in [0.5, 0.6) is 0 Å². The van der Waals surface area contributed by atoms with Crippen molar-refractivity contribution in [1.29, 1.82) is 5.26 Å². The molecule has 0 spiro atoms. The molecular formula is C21H16N2O. The Balaban J connectivity index is 2.06. The summed E-state index contributed by atoms with van der Waals surface area (Å²) in [6.07, 6.45) is 1.80. The molecule has 4 rings (SSSR count). The lowest BCUT2D eigenvalue weighted by atomic mass is 9.94. The normalized spacial score (nSPS) is 11.2. The Kier molecular flexibility index (Phi) is 3.32. The summed E-state index contributed by atoms with van der Waals surface area (Å²) in [5.41, 5.74) is 5.38. The molecule has 2 heterocycles. The second-order valence-electron chi connectivity index (χ2n) is 6.23. The van der Waals surface area contributed by atoms with Gasteiger partial charge in [0.05, 0.1) is 17.3 Å². The van der Waals surface area contributed by atoms with Crippen molar-refractivity contribution in [2.45, 2.75) is 19.8 Å². The molecule has 116 valence electrons. The summed E-state index contributed by atoms with van der Waals surface area (Å²) < 4.78 is 6.01. The first-order valence-electron chi connectivity index (χ1n) is 7.99. The molecule has 24 heavy (non-hydrogen) atoms. The predicted molar refractivity (Wildman–Crippen MR) is 95.8 cm³/mol. The molecule has 0 atom stereocenters. The molecule has 0 aliphatic carbocycles. The highest BCUT2D eigenvalue weighted by Gasteiger charge is 2.16. The molecule has 0 radical (unpaired) electrons. The Labute approximate surface area is 140 Å². The minimum atomic E-state index is 0.306. The summed E-state index contributed by atoms with van der Waals surface area (Å²) in [7, 11) is 0. The van der Waals surface area contributed by atoms with E-state index in [0.717, 1.165) is 38.8 Å². The Morgan fingerprint density at radius 3 is 2.62 bits per heavy atom. The number of hydrogen-bond acceptors (Lipinski definition) is 3. The SMILES string of the molecule is CC(C)c1cc(C#N)cc2oc3ccc(-c4ccccn4)cc3c12. The van der Waals surface area contributed by atoms with Crippen LogP contribution in [0.15, 0.2) is 59.1 Å².